The summed E-state index contributed by atoms with van der Waals surface area (Å²) in [6.07, 6.45) is 0. The van der Waals surface area contributed by atoms with Gasteiger partial charge >= 0.3 is 0 Å². The fourth-order valence-electron chi connectivity index (χ4n) is 2.43. The zero-order valence-corrected chi connectivity index (χ0v) is 17.1. The van der Waals surface area contributed by atoms with Gasteiger partial charge in [-0.2, -0.15) is 0 Å². The van der Waals surface area contributed by atoms with Crippen LogP contribution < -0.4 is 10.6 Å². The van der Waals surface area contributed by atoms with Crippen molar-refractivity contribution < 1.29 is 4.79 Å². The van der Waals surface area contributed by atoms with Gasteiger partial charge < -0.3 is 10.6 Å². The fourth-order valence-corrected chi connectivity index (χ4v) is 4.29. The van der Waals surface area contributed by atoms with Crippen LogP contribution in [0.3, 0.4) is 0 Å². The maximum Gasteiger partial charge on any atom is 0.230 e. The van der Waals surface area contributed by atoms with E-state index in [0.29, 0.717) is 11.6 Å². The third kappa shape index (κ3) is 5.95. The summed E-state index contributed by atoms with van der Waals surface area (Å²) >= 11 is 8.98. The predicted octanol–water partition coefficient (Wildman–Crippen LogP) is 4.77. The van der Waals surface area contributed by atoms with Crippen LogP contribution in [0.2, 0.25) is 5.02 Å². The molecular weight excluding hydrogens is 400 g/mol. The first-order valence-electron chi connectivity index (χ1n) is 8.39. The van der Waals surface area contributed by atoms with Crippen LogP contribution in [0.15, 0.2) is 58.9 Å². The van der Waals surface area contributed by atoms with Gasteiger partial charge in [-0.25, -0.2) is 0 Å². The maximum atomic E-state index is 12.2. The van der Waals surface area contributed by atoms with Gasteiger partial charge in [0, 0.05) is 11.6 Å². The molecule has 0 aliphatic rings. The van der Waals surface area contributed by atoms with Crippen molar-refractivity contribution in [1.82, 2.24) is 15.5 Å². The molecule has 8 heteroatoms. The van der Waals surface area contributed by atoms with E-state index in [1.165, 1.54) is 28.7 Å². The van der Waals surface area contributed by atoms with Crippen molar-refractivity contribution in [3.8, 4) is 0 Å². The quantitative estimate of drug-likeness (QED) is 0.515. The molecule has 0 aliphatic heterocycles. The normalized spacial score (nSPS) is 11.8. The second kappa shape index (κ2) is 9.73. The molecule has 1 amide bonds. The second-order valence-corrected chi connectivity index (χ2v) is 8.42. The molecule has 1 atom stereocenters. The number of hydrogen-bond acceptors (Lipinski definition) is 6. The van der Waals surface area contributed by atoms with Gasteiger partial charge in [0.15, 0.2) is 4.34 Å². The highest BCUT2D eigenvalue weighted by molar-refractivity contribution is 8.01. The minimum Gasteiger partial charge on any atom is -0.356 e. The lowest BCUT2D eigenvalue weighted by molar-refractivity contribution is -0.119. The number of anilines is 1. The van der Waals surface area contributed by atoms with E-state index in [1.54, 1.807) is 0 Å². The molecule has 1 unspecified atom stereocenters. The molecule has 5 nitrogen and oxygen atoms in total. The topological polar surface area (TPSA) is 66.9 Å². The summed E-state index contributed by atoms with van der Waals surface area (Å²) in [5.74, 6) is 0.212. The van der Waals surface area contributed by atoms with Crippen LogP contribution in [0.4, 0.5) is 5.13 Å². The molecule has 2 N–H and O–H groups in total. The van der Waals surface area contributed by atoms with Gasteiger partial charge in [0.05, 0.1) is 11.8 Å². The van der Waals surface area contributed by atoms with Gasteiger partial charge in [-0.05, 0) is 24.1 Å². The van der Waals surface area contributed by atoms with E-state index in [-0.39, 0.29) is 17.7 Å². The molecule has 1 heterocycles. The Morgan fingerprint density at radius 1 is 1.15 bits per heavy atom. The Hall–Kier alpha value is -2.09. The predicted molar refractivity (Wildman–Crippen MR) is 112 cm³/mol. The minimum atomic E-state index is -0.149. The third-order valence-corrected chi connectivity index (χ3v) is 6.13. The number of hydrogen-bond donors (Lipinski definition) is 2. The number of aromatic nitrogens is 2. The van der Waals surface area contributed by atoms with Gasteiger partial charge in [-0.1, -0.05) is 83.2 Å². The Morgan fingerprint density at radius 3 is 2.67 bits per heavy atom. The van der Waals surface area contributed by atoms with Crippen molar-refractivity contribution in [3.63, 3.8) is 0 Å². The largest absolute Gasteiger partial charge is 0.356 e. The lowest BCUT2D eigenvalue weighted by Gasteiger charge is -2.15. The number of amides is 1. The summed E-state index contributed by atoms with van der Waals surface area (Å²) in [4.78, 5) is 12.2. The molecule has 0 fully saturated rings. The Bertz CT molecular complexity index is 888. The first-order valence-corrected chi connectivity index (χ1v) is 10.6. The third-order valence-electron chi connectivity index (χ3n) is 3.77. The van der Waals surface area contributed by atoms with E-state index in [2.05, 4.69) is 20.8 Å². The van der Waals surface area contributed by atoms with Crippen LogP contribution in [0.5, 0.6) is 0 Å². The average molecular weight is 419 g/mol. The van der Waals surface area contributed by atoms with Crippen molar-refractivity contribution in [1.29, 1.82) is 0 Å². The summed E-state index contributed by atoms with van der Waals surface area (Å²) in [7, 11) is 0. The number of thioether (sulfide) groups is 1. The smallest absolute Gasteiger partial charge is 0.230 e. The highest BCUT2D eigenvalue weighted by atomic mass is 35.5. The molecule has 3 rings (SSSR count). The van der Waals surface area contributed by atoms with Crippen LogP contribution in [-0.4, -0.2) is 21.9 Å². The fraction of sp³-hybridized carbons (Fsp3) is 0.211. The summed E-state index contributed by atoms with van der Waals surface area (Å²) in [5.41, 5.74) is 2.08. The minimum absolute atomic E-state index is 0.0681. The molecule has 27 heavy (non-hydrogen) atoms. The lowest BCUT2D eigenvalue weighted by atomic mass is 10.1. The monoisotopic (exact) mass is 418 g/mol. The molecule has 0 radical (unpaired) electrons. The van der Waals surface area contributed by atoms with Crippen molar-refractivity contribution in [2.24, 2.45) is 0 Å². The van der Waals surface area contributed by atoms with Gasteiger partial charge in [-0.15, -0.1) is 10.2 Å². The molecule has 0 saturated carbocycles. The van der Waals surface area contributed by atoms with E-state index in [0.717, 1.165) is 15.0 Å². The summed E-state index contributed by atoms with van der Waals surface area (Å²) in [6.45, 7) is 2.61. The first-order chi connectivity index (χ1) is 13.1. The summed E-state index contributed by atoms with van der Waals surface area (Å²) in [6, 6.07) is 17.4. The Morgan fingerprint density at radius 2 is 1.89 bits per heavy atom. The lowest BCUT2D eigenvalue weighted by Crippen LogP contribution is -2.28. The van der Waals surface area contributed by atoms with E-state index < -0.39 is 0 Å². The Balaban J connectivity index is 1.45. The number of halogens is 1. The van der Waals surface area contributed by atoms with Crippen LogP contribution in [0, 0.1) is 0 Å². The van der Waals surface area contributed by atoms with Crippen molar-refractivity contribution in [2.45, 2.75) is 23.8 Å². The maximum absolute atomic E-state index is 12.2. The summed E-state index contributed by atoms with van der Waals surface area (Å²) < 4.78 is 0.756. The van der Waals surface area contributed by atoms with Crippen LogP contribution >= 0.6 is 34.7 Å². The molecule has 2 aromatic carbocycles. The van der Waals surface area contributed by atoms with E-state index >= 15 is 0 Å². The van der Waals surface area contributed by atoms with Crippen LogP contribution in [-0.2, 0) is 11.3 Å². The van der Waals surface area contributed by atoms with Crippen molar-refractivity contribution >= 4 is 45.7 Å². The molecular formula is C19H19ClN4OS2. The molecule has 1 aromatic heterocycles. The number of rotatable bonds is 8. The number of nitrogens with one attached hydrogen (secondary N) is 2. The number of carbonyl (C=O) groups is 1. The van der Waals surface area contributed by atoms with Gasteiger partial charge in [-0.3, -0.25) is 4.79 Å². The molecule has 0 aliphatic carbocycles. The second-order valence-electron chi connectivity index (χ2n) is 5.81. The van der Waals surface area contributed by atoms with E-state index in [1.807, 2.05) is 61.5 Å². The van der Waals surface area contributed by atoms with Gasteiger partial charge in [0.2, 0.25) is 11.0 Å². The molecule has 0 spiro atoms. The summed E-state index contributed by atoms with van der Waals surface area (Å²) in [5, 5.41) is 15.8. The number of nitrogens with zero attached hydrogens (tertiary/aromatic N) is 2. The average Bonchev–Trinajstić information content (AvgIpc) is 3.14. The number of benzene rings is 2. The standard InChI is InChI=1S/C19H19ClN4OS2/c1-13(15-9-5-6-10-16(15)20)22-17(25)12-26-19-24-23-18(27-19)21-11-14-7-3-2-4-8-14/h2-10,13H,11-12H2,1H3,(H,21,23)(H,22,25). The van der Waals surface area contributed by atoms with Crippen LogP contribution in [0.1, 0.15) is 24.1 Å². The zero-order chi connectivity index (χ0) is 19.1. The first kappa shape index (κ1) is 19.7. The van der Waals surface area contributed by atoms with Crippen LogP contribution in [0.25, 0.3) is 0 Å². The van der Waals surface area contributed by atoms with E-state index in [4.69, 9.17) is 11.6 Å². The van der Waals surface area contributed by atoms with E-state index in [9.17, 15) is 4.79 Å². The molecule has 140 valence electrons. The van der Waals surface area contributed by atoms with Crippen molar-refractivity contribution in [2.75, 3.05) is 11.1 Å². The SMILES string of the molecule is CC(NC(=O)CSc1nnc(NCc2ccccc2)s1)c1ccccc1Cl. The molecule has 3 aromatic rings. The highest BCUT2D eigenvalue weighted by Gasteiger charge is 2.13. The van der Waals surface area contributed by atoms with Gasteiger partial charge in [0.1, 0.15) is 0 Å². The highest BCUT2D eigenvalue weighted by Crippen LogP contribution is 2.26. The number of carbonyl (C=O) groups excluding carboxylic acids is 1. The van der Waals surface area contributed by atoms with Gasteiger partial charge in [0.25, 0.3) is 0 Å². The zero-order valence-electron chi connectivity index (χ0n) is 14.7. The molecule has 0 bridgehead atoms. The Kier molecular flexibility index (Phi) is 7.09. The molecule has 0 saturated heterocycles. The Labute approximate surface area is 171 Å². The van der Waals surface area contributed by atoms with Crippen molar-refractivity contribution in [3.05, 3.63) is 70.7 Å².